The molecule has 2 bridgehead atoms. The van der Waals surface area contributed by atoms with Crippen LogP contribution in [0.3, 0.4) is 0 Å². The van der Waals surface area contributed by atoms with Crippen molar-refractivity contribution in [3.63, 3.8) is 0 Å². The Balaban J connectivity index is 1.67. The second-order valence-electron chi connectivity index (χ2n) is 8.29. The molecule has 3 aliphatic carbocycles. The van der Waals surface area contributed by atoms with E-state index in [9.17, 15) is 19.7 Å². The van der Waals surface area contributed by atoms with E-state index in [1.165, 1.54) is 18.2 Å². The summed E-state index contributed by atoms with van der Waals surface area (Å²) in [6.07, 6.45) is 0. The maximum absolute atomic E-state index is 13.8. The van der Waals surface area contributed by atoms with Crippen LogP contribution in [0.4, 0.5) is 5.69 Å². The lowest BCUT2D eigenvalue weighted by atomic mass is 9.51. The summed E-state index contributed by atoms with van der Waals surface area (Å²) < 4.78 is 0. The third kappa shape index (κ3) is 2.11. The van der Waals surface area contributed by atoms with E-state index >= 15 is 0 Å². The second-order valence-corrected chi connectivity index (χ2v) is 9.13. The lowest BCUT2D eigenvalue weighted by molar-refractivity contribution is -0.578. The number of nitrogens with zero attached hydrogens (tertiary/aromatic N) is 2. The van der Waals surface area contributed by atoms with Gasteiger partial charge in [-0.25, -0.2) is 4.90 Å². The van der Waals surface area contributed by atoms with Crippen molar-refractivity contribution >= 4 is 40.7 Å². The molecule has 1 aliphatic heterocycles. The molecule has 1 saturated heterocycles. The smallest absolute Gasteiger partial charge is 0.274 e. The largest absolute Gasteiger partial charge is 0.285 e. The van der Waals surface area contributed by atoms with E-state index in [0.717, 1.165) is 4.90 Å². The third-order valence-corrected chi connectivity index (χ3v) is 7.55. The van der Waals surface area contributed by atoms with Crippen LogP contribution in [-0.4, -0.2) is 16.7 Å². The highest BCUT2D eigenvalue weighted by atomic mass is 35.5. The normalized spacial score (nSPS) is 27.2. The molecule has 32 heavy (non-hydrogen) atoms. The van der Waals surface area contributed by atoms with Gasteiger partial charge in [0, 0.05) is 27.0 Å². The number of amides is 2. The molecule has 0 spiro atoms. The van der Waals surface area contributed by atoms with E-state index in [-0.39, 0.29) is 10.7 Å². The lowest BCUT2D eigenvalue weighted by Crippen LogP contribution is -2.57. The SMILES string of the molecule is O=C1[C@@H]2[C@@H](C(=O)N1c1ccc(Cl)cc1Cl)C1c3ccccc3C2([N+](=O)[O-])c2ccccc21. The zero-order valence-electron chi connectivity index (χ0n) is 16.4. The molecular weight excluding hydrogens is 451 g/mol. The first kappa shape index (κ1) is 19.5. The molecule has 158 valence electrons. The summed E-state index contributed by atoms with van der Waals surface area (Å²) in [6, 6.07) is 18.6. The first-order valence-electron chi connectivity index (χ1n) is 10.0. The number of imide groups is 1. The molecule has 0 saturated carbocycles. The van der Waals surface area contributed by atoms with Gasteiger partial charge in [-0.05, 0) is 29.3 Å². The predicted molar refractivity (Wildman–Crippen MR) is 118 cm³/mol. The van der Waals surface area contributed by atoms with Crippen LogP contribution in [0, 0.1) is 22.0 Å². The van der Waals surface area contributed by atoms with Gasteiger partial charge < -0.3 is 0 Å². The Labute approximate surface area is 192 Å². The maximum atomic E-state index is 13.8. The fourth-order valence-electron chi connectivity index (χ4n) is 5.94. The van der Waals surface area contributed by atoms with Crippen molar-refractivity contribution in [1.29, 1.82) is 0 Å². The summed E-state index contributed by atoms with van der Waals surface area (Å²) in [7, 11) is 0. The quantitative estimate of drug-likeness (QED) is 0.310. The van der Waals surface area contributed by atoms with Gasteiger partial charge in [-0.2, -0.15) is 0 Å². The maximum Gasteiger partial charge on any atom is 0.285 e. The molecule has 8 heteroatoms. The summed E-state index contributed by atoms with van der Waals surface area (Å²) in [5.74, 6) is -3.63. The first-order chi connectivity index (χ1) is 15.4. The van der Waals surface area contributed by atoms with E-state index in [4.69, 9.17) is 23.2 Å². The van der Waals surface area contributed by atoms with Crippen molar-refractivity contribution in [2.75, 3.05) is 4.90 Å². The van der Waals surface area contributed by atoms with Crippen molar-refractivity contribution in [2.24, 2.45) is 11.8 Å². The molecule has 2 atom stereocenters. The Bertz CT molecular complexity index is 1320. The number of carbonyl (C=O) groups excluding carboxylic acids is 2. The van der Waals surface area contributed by atoms with Crippen LogP contribution in [0.5, 0.6) is 0 Å². The van der Waals surface area contributed by atoms with Crippen molar-refractivity contribution in [1.82, 2.24) is 0 Å². The number of nitro groups is 1. The number of benzene rings is 3. The molecule has 3 aromatic rings. The van der Waals surface area contributed by atoms with Crippen LogP contribution in [0.25, 0.3) is 0 Å². The van der Waals surface area contributed by atoms with E-state index in [1.807, 2.05) is 12.1 Å². The molecule has 0 N–H and O–H groups in total. The van der Waals surface area contributed by atoms with Crippen LogP contribution >= 0.6 is 23.2 Å². The minimum Gasteiger partial charge on any atom is -0.274 e. The van der Waals surface area contributed by atoms with Gasteiger partial charge in [0.15, 0.2) is 0 Å². The average Bonchev–Trinajstić information content (AvgIpc) is 3.05. The van der Waals surface area contributed by atoms with Gasteiger partial charge in [0.25, 0.3) is 5.54 Å². The average molecular weight is 465 g/mol. The fourth-order valence-corrected chi connectivity index (χ4v) is 6.44. The monoisotopic (exact) mass is 464 g/mol. The zero-order valence-corrected chi connectivity index (χ0v) is 17.9. The second kappa shape index (κ2) is 6.40. The highest BCUT2D eigenvalue weighted by Gasteiger charge is 2.74. The minimum atomic E-state index is -1.85. The summed E-state index contributed by atoms with van der Waals surface area (Å²) in [4.78, 5) is 41.1. The number of hydrogen-bond donors (Lipinski definition) is 0. The molecule has 0 aromatic heterocycles. The molecule has 4 aliphatic rings. The summed E-state index contributed by atoms with van der Waals surface area (Å²) >= 11 is 12.3. The van der Waals surface area contributed by atoms with Gasteiger partial charge in [-0.1, -0.05) is 71.7 Å². The van der Waals surface area contributed by atoms with Crippen molar-refractivity contribution in [3.8, 4) is 0 Å². The lowest BCUT2D eigenvalue weighted by Gasteiger charge is -2.48. The first-order valence-corrected chi connectivity index (χ1v) is 10.8. The van der Waals surface area contributed by atoms with Gasteiger partial charge in [0.2, 0.25) is 11.8 Å². The molecule has 3 aromatic carbocycles. The predicted octanol–water partition coefficient (Wildman–Crippen LogP) is 4.78. The Morgan fingerprint density at radius 1 is 0.875 bits per heavy atom. The van der Waals surface area contributed by atoms with Gasteiger partial charge in [-0.15, -0.1) is 0 Å². The molecule has 0 radical (unpaired) electrons. The van der Waals surface area contributed by atoms with Crippen molar-refractivity contribution in [2.45, 2.75) is 11.5 Å². The van der Waals surface area contributed by atoms with E-state index in [0.29, 0.717) is 27.3 Å². The van der Waals surface area contributed by atoms with E-state index in [2.05, 4.69) is 0 Å². The Morgan fingerprint density at radius 3 is 2.03 bits per heavy atom. The van der Waals surface area contributed by atoms with Crippen LogP contribution in [0.2, 0.25) is 10.0 Å². The topological polar surface area (TPSA) is 80.5 Å². The van der Waals surface area contributed by atoms with E-state index < -0.39 is 40.0 Å². The highest BCUT2D eigenvalue weighted by Crippen LogP contribution is 2.64. The number of rotatable bonds is 2. The number of hydrogen-bond acceptors (Lipinski definition) is 4. The molecule has 2 amide bonds. The van der Waals surface area contributed by atoms with Gasteiger partial charge in [0.05, 0.1) is 16.6 Å². The Kier molecular flexibility index (Phi) is 3.89. The van der Waals surface area contributed by atoms with Crippen LogP contribution in [0.15, 0.2) is 66.7 Å². The molecule has 6 nitrogen and oxygen atoms in total. The highest BCUT2D eigenvalue weighted by molar-refractivity contribution is 6.38. The van der Waals surface area contributed by atoms with Crippen molar-refractivity contribution < 1.29 is 14.5 Å². The van der Waals surface area contributed by atoms with Crippen LogP contribution in [0.1, 0.15) is 28.2 Å². The summed E-state index contributed by atoms with van der Waals surface area (Å²) in [5, 5.41) is 13.4. The summed E-state index contributed by atoms with van der Waals surface area (Å²) in [6.45, 7) is 0. The molecule has 0 unspecified atom stereocenters. The number of carbonyl (C=O) groups is 2. The fraction of sp³-hybridized carbons (Fsp3) is 0.167. The Morgan fingerprint density at radius 2 is 1.47 bits per heavy atom. The van der Waals surface area contributed by atoms with Gasteiger partial charge in [0.1, 0.15) is 5.92 Å². The van der Waals surface area contributed by atoms with Crippen LogP contribution < -0.4 is 4.90 Å². The zero-order chi connectivity index (χ0) is 22.4. The third-order valence-electron chi connectivity index (χ3n) is 7.01. The molecular formula is C24H14Cl2N2O4. The molecule has 1 heterocycles. The van der Waals surface area contributed by atoms with E-state index in [1.54, 1.807) is 36.4 Å². The van der Waals surface area contributed by atoms with Gasteiger partial charge >= 0.3 is 0 Å². The number of halogens is 2. The molecule has 1 fully saturated rings. The van der Waals surface area contributed by atoms with Crippen molar-refractivity contribution in [3.05, 3.63) is 109 Å². The summed E-state index contributed by atoms with van der Waals surface area (Å²) in [5.41, 5.74) is 0.711. The van der Waals surface area contributed by atoms with Gasteiger partial charge in [-0.3, -0.25) is 19.7 Å². The Hall–Kier alpha value is -3.22. The number of anilines is 1. The molecule has 7 rings (SSSR count). The van der Waals surface area contributed by atoms with Crippen LogP contribution in [-0.2, 0) is 15.1 Å². The minimum absolute atomic E-state index is 0.135. The standard InChI is InChI=1S/C24H14Cl2N2O4/c25-12-9-10-18(17(26)11-12)27-22(29)20-19-13-5-1-3-7-15(13)24(28(31)32,21(20)23(27)30)16-8-4-2-6-14(16)19/h1-11,19-21H/t19?,20-,21-,24?/m0/s1.